The van der Waals surface area contributed by atoms with Crippen LogP contribution in [0.25, 0.3) is 42.5 Å². The molecule has 4 heteroatoms. The van der Waals surface area contributed by atoms with E-state index in [0.29, 0.717) is 0 Å². The highest BCUT2D eigenvalue weighted by Crippen LogP contribution is 2.35. The summed E-state index contributed by atoms with van der Waals surface area (Å²) in [6, 6.07) is 16.5. The second-order valence-corrected chi connectivity index (χ2v) is 6.48. The van der Waals surface area contributed by atoms with E-state index >= 15 is 0 Å². The number of pyridine rings is 3. The lowest BCUT2D eigenvalue weighted by Gasteiger charge is -2.04. The summed E-state index contributed by atoms with van der Waals surface area (Å²) < 4.78 is 2.52. The second-order valence-electron chi connectivity index (χ2n) is 5.39. The Morgan fingerprint density at radius 1 is 0.696 bits per heavy atom. The third-order valence-corrected chi connectivity index (χ3v) is 5.17. The molecule has 4 heterocycles. The van der Waals surface area contributed by atoms with Crippen LogP contribution in [0.3, 0.4) is 0 Å². The number of benzene rings is 1. The van der Waals surface area contributed by atoms with Crippen LogP contribution in [0.1, 0.15) is 0 Å². The third-order valence-electron chi connectivity index (χ3n) is 4.04. The van der Waals surface area contributed by atoms with E-state index in [-0.39, 0.29) is 0 Å². The van der Waals surface area contributed by atoms with Crippen LogP contribution in [-0.2, 0) is 0 Å². The van der Waals surface area contributed by atoms with Gasteiger partial charge in [-0.05, 0) is 30.3 Å². The molecule has 5 aromatic rings. The van der Waals surface area contributed by atoms with Gasteiger partial charge in [-0.2, -0.15) is 0 Å². The Balaban J connectivity index is 1.81. The number of nitrogens with zero attached hydrogens (tertiary/aromatic N) is 3. The summed E-state index contributed by atoms with van der Waals surface area (Å²) >= 11 is 1.79. The van der Waals surface area contributed by atoms with Crippen molar-refractivity contribution >= 4 is 42.4 Å². The molecule has 4 aromatic heterocycles. The molecule has 0 N–H and O–H groups in total. The van der Waals surface area contributed by atoms with Crippen molar-refractivity contribution in [3.05, 3.63) is 67.1 Å². The quantitative estimate of drug-likeness (QED) is 0.434. The zero-order valence-electron chi connectivity index (χ0n) is 12.1. The van der Waals surface area contributed by atoms with Gasteiger partial charge >= 0.3 is 0 Å². The molecule has 0 bridgehead atoms. The third kappa shape index (κ3) is 1.92. The predicted molar refractivity (Wildman–Crippen MR) is 95.7 cm³/mol. The van der Waals surface area contributed by atoms with E-state index in [2.05, 4.69) is 45.3 Å². The average Bonchev–Trinajstić information content (AvgIpc) is 2.99. The van der Waals surface area contributed by atoms with Crippen LogP contribution in [0.5, 0.6) is 0 Å². The maximum atomic E-state index is 4.67. The Kier molecular flexibility index (Phi) is 2.66. The first kappa shape index (κ1) is 12.7. The first-order valence-electron chi connectivity index (χ1n) is 7.37. The first-order valence-corrected chi connectivity index (χ1v) is 8.19. The lowest BCUT2D eigenvalue weighted by atomic mass is 10.1. The largest absolute Gasteiger partial charge is 0.256 e. The molecule has 0 aliphatic heterocycles. The molecular weight excluding hydrogens is 302 g/mol. The molecule has 5 rings (SSSR count). The summed E-state index contributed by atoms with van der Waals surface area (Å²) in [6.07, 6.45) is 5.55. The predicted octanol–water partition coefficient (Wildman–Crippen LogP) is 5.06. The highest BCUT2D eigenvalue weighted by Gasteiger charge is 2.10. The molecule has 108 valence electrons. The van der Waals surface area contributed by atoms with E-state index in [1.165, 1.54) is 20.2 Å². The van der Waals surface area contributed by atoms with E-state index < -0.39 is 0 Å². The molecule has 0 aliphatic rings. The molecule has 0 aliphatic carbocycles. The topological polar surface area (TPSA) is 38.7 Å². The normalized spacial score (nSPS) is 11.5. The molecular formula is C19H11N3S. The van der Waals surface area contributed by atoms with Crippen LogP contribution in [0, 0.1) is 0 Å². The van der Waals surface area contributed by atoms with Gasteiger partial charge in [-0.25, -0.2) is 0 Å². The van der Waals surface area contributed by atoms with Gasteiger partial charge in [-0.1, -0.05) is 18.2 Å². The minimum absolute atomic E-state index is 0.884. The molecule has 3 nitrogen and oxygen atoms in total. The highest BCUT2D eigenvalue weighted by molar-refractivity contribution is 7.25. The fourth-order valence-corrected chi connectivity index (χ4v) is 4.07. The molecule has 1 aromatic carbocycles. The van der Waals surface area contributed by atoms with Gasteiger partial charge < -0.3 is 0 Å². The maximum absolute atomic E-state index is 4.67. The number of fused-ring (bicyclic) bond motifs is 4. The molecule has 0 amide bonds. The molecule has 0 atom stereocenters. The molecule has 0 saturated carbocycles. The minimum atomic E-state index is 0.884. The van der Waals surface area contributed by atoms with Gasteiger partial charge in [0.25, 0.3) is 0 Å². The van der Waals surface area contributed by atoms with Crippen molar-refractivity contribution in [3.8, 4) is 11.4 Å². The van der Waals surface area contributed by atoms with Crippen LogP contribution in [-0.4, -0.2) is 15.0 Å². The monoisotopic (exact) mass is 313 g/mol. The van der Waals surface area contributed by atoms with Crippen LogP contribution in [0.2, 0.25) is 0 Å². The zero-order valence-corrected chi connectivity index (χ0v) is 12.9. The Hall–Kier alpha value is -2.85. The van der Waals surface area contributed by atoms with Crippen molar-refractivity contribution in [2.24, 2.45) is 0 Å². The Bertz CT molecular complexity index is 1170. The highest BCUT2D eigenvalue weighted by atomic mass is 32.1. The van der Waals surface area contributed by atoms with Gasteiger partial charge in [0.2, 0.25) is 0 Å². The van der Waals surface area contributed by atoms with Gasteiger partial charge in [-0.3, -0.25) is 15.0 Å². The Morgan fingerprint density at radius 2 is 1.61 bits per heavy atom. The van der Waals surface area contributed by atoms with Crippen molar-refractivity contribution < 1.29 is 0 Å². The molecule has 0 unspecified atom stereocenters. The van der Waals surface area contributed by atoms with E-state index in [4.69, 9.17) is 0 Å². The second kappa shape index (κ2) is 4.83. The Morgan fingerprint density at radius 3 is 2.61 bits per heavy atom. The average molecular weight is 313 g/mol. The maximum Gasteiger partial charge on any atom is 0.0980 e. The van der Waals surface area contributed by atoms with Crippen molar-refractivity contribution in [1.29, 1.82) is 0 Å². The lowest BCUT2D eigenvalue weighted by molar-refractivity contribution is 1.27. The van der Waals surface area contributed by atoms with Gasteiger partial charge in [0.15, 0.2) is 0 Å². The molecule has 0 fully saturated rings. The molecule has 0 saturated heterocycles. The van der Waals surface area contributed by atoms with E-state index in [9.17, 15) is 0 Å². The number of aromatic nitrogens is 3. The molecule has 0 spiro atoms. The number of hydrogen-bond donors (Lipinski definition) is 0. The number of rotatable bonds is 1. The van der Waals surface area contributed by atoms with Gasteiger partial charge in [0.1, 0.15) is 0 Å². The minimum Gasteiger partial charge on any atom is -0.256 e. The standard InChI is InChI=1S/C19H11N3S/c1-2-6-17-12(4-1)14-11-22-16(10-18(14)23-17)19-13-5-3-8-20-15(13)7-9-21-19/h1-11H. The first-order chi connectivity index (χ1) is 11.4. The SMILES string of the molecule is c1ccc2c(c1)sc1cc(-c3nccc4ncccc34)ncc12. The summed E-state index contributed by atoms with van der Waals surface area (Å²) in [7, 11) is 0. The van der Waals surface area contributed by atoms with Gasteiger partial charge in [-0.15, -0.1) is 11.3 Å². The number of hydrogen-bond acceptors (Lipinski definition) is 4. The van der Waals surface area contributed by atoms with E-state index in [1.807, 2.05) is 24.4 Å². The van der Waals surface area contributed by atoms with Crippen molar-refractivity contribution in [2.75, 3.05) is 0 Å². The summed E-state index contributed by atoms with van der Waals surface area (Å²) in [5.74, 6) is 0. The van der Waals surface area contributed by atoms with Crippen molar-refractivity contribution in [1.82, 2.24) is 15.0 Å². The summed E-state index contributed by atoms with van der Waals surface area (Å²) in [5, 5.41) is 3.50. The van der Waals surface area contributed by atoms with Crippen LogP contribution < -0.4 is 0 Å². The van der Waals surface area contributed by atoms with Crippen molar-refractivity contribution in [2.45, 2.75) is 0 Å². The molecule has 0 radical (unpaired) electrons. The smallest absolute Gasteiger partial charge is 0.0980 e. The fraction of sp³-hybridized carbons (Fsp3) is 0. The van der Waals surface area contributed by atoms with Crippen LogP contribution in [0.15, 0.2) is 67.1 Å². The van der Waals surface area contributed by atoms with E-state index in [0.717, 1.165) is 22.3 Å². The lowest BCUT2D eigenvalue weighted by Crippen LogP contribution is -1.89. The summed E-state index contributed by atoms with van der Waals surface area (Å²) in [6.45, 7) is 0. The zero-order chi connectivity index (χ0) is 15.2. The van der Waals surface area contributed by atoms with Gasteiger partial charge in [0, 0.05) is 44.1 Å². The summed E-state index contributed by atoms with van der Waals surface area (Å²) in [4.78, 5) is 13.6. The number of thiophene rings is 1. The molecule has 23 heavy (non-hydrogen) atoms. The summed E-state index contributed by atoms with van der Waals surface area (Å²) in [5.41, 5.74) is 2.72. The fourth-order valence-electron chi connectivity index (χ4n) is 2.96. The van der Waals surface area contributed by atoms with E-state index in [1.54, 1.807) is 23.7 Å². The van der Waals surface area contributed by atoms with Gasteiger partial charge in [0.05, 0.1) is 16.9 Å². The van der Waals surface area contributed by atoms with Crippen LogP contribution >= 0.6 is 11.3 Å². The van der Waals surface area contributed by atoms with Crippen molar-refractivity contribution in [3.63, 3.8) is 0 Å². The Labute approximate surface area is 136 Å². The van der Waals surface area contributed by atoms with Crippen LogP contribution in [0.4, 0.5) is 0 Å².